The number of hydrogen-bond donors (Lipinski definition) is 0. The Labute approximate surface area is 96.7 Å². The smallest absolute Gasteiger partial charge is 0.228 e. The van der Waals surface area contributed by atoms with Gasteiger partial charge < -0.3 is 0 Å². The monoisotopic (exact) mass is 302 g/mol. The van der Waals surface area contributed by atoms with E-state index >= 15 is 0 Å². The van der Waals surface area contributed by atoms with Gasteiger partial charge in [-0.2, -0.15) is 0 Å². The second-order valence-electron chi connectivity index (χ2n) is 3.47. The van der Waals surface area contributed by atoms with E-state index < -0.39 is 0 Å². The van der Waals surface area contributed by atoms with E-state index in [1.54, 1.807) is 4.90 Å². The van der Waals surface area contributed by atoms with E-state index in [-0.39, 0.29) is 11.9 Å². The van der Waals surface area contributed by atoms with Crippen molar-refractivity contribution >= 4 is 34.3 Å². The highest BCUT2D eigenvalue weighted by atomic mass is 127. The van der Waals surface area contributed by atoms with Crippen LogP contribution in [0.4, 0.5) is 5.82 Å². The molecule has 2 rings (SSSR count). The van der Waals surface area contributed by atoms with Gasteiger partial charge in [-0.1, -0.05) is 6.07 Å². The number of nitrogens with zero attached hydrogens (tertiary/aromatic N) is 2. The Hall–Kier alpha value is -0.650. The lowest BCUT2D eigenvalue weighted by Gasteiger charge is -2.20. The van der Waals surface area contributed by atoms with Gasteiger partial charge in [0.25, 0.3) is 0 Å². The number of halogens is 1. The molecule has 1 aliphatic rings. The van der Waals surface area contributed by atoms with E-state index in [4.69, 9.17) is 0 Å². The van der Waals surface area contributed by atoms with Crippen molar-refractivity contribution in [2.24, 2.45) is 0 Å². The normalized spacial score (nSPS) is 21.7. The number of rotatable bonds is 1. The average molecular weight is 302 g/mol. The quantitative estimate of drug-likeness (QED) is 0.588. The fraction of sp³-hybridized carbons (Fsp3) is 0.400. The Morgan fingerprint density at radius 1 is 1.57 bits per heavy atom. The molecule has 4 heteroatoms. The molecule has 1 atom stereocenters. The Morgan fingerprint density at radius 3 is 2.93 bits per heavy atom. The Balaban J connectivity index is 2.34. The standard InChI is InChI=1S/C10H11IN2O/c1-7-5-6-10(14)13(7)9-4-2-3-8(11)12-9/h2-4,7H,5-6H2,1H3. The van der Waals surface area contributed by atoms with Crippen LogP contribution in [-0.4, -0.2) is 16.9 Å². The van der Waals surface area contributed by atoms with Gasteiger partial charge in [-0.05, 0) is 48.1 Å². The van der Waals surface area contributed by atoms with Crippen LogP contribution in [0.3, 0.4) is 0 Å². The lowest BCUT2D eigenvalue weighted by molar-refractivity contribution is -0.117. The van der Waals surface area contributed by atoms with E-state index in [2.05, 4.69) is 34.5 Å². The molecule has 1 saturated heterocycles. The van der Waals surface area contributed by atoms with Crippen molar-refractivity contribution in [3.05, 3.63) is 21.9 Å². The van der Waals surface area contributed by atoms with Crippen LogP contribution >= 0.6 is 22.6 Å². The first kappa shape index (κ1) is 9.89. The van der Waals surface area contributed by atoms with Gasteiger partial charge in [0, 0.05) is 12.5 Å². The van der Waals surface area contributed by atoms with Crippen LogP contribution in [0.2, 0.25) is 0 Å². The minimum absolute atomic E-state index is 0.187. The van der Waals surface area contributed by atoms with Crippen molar-refractivity contribution in [3.63, 3.8) is 0 Å². The molecule has 0 aliphatic carbocycles. The number of carbonyl (C=O) groups excluding carboxylic acids is 1. The van der Waals surface area contributed by atoms with Gasteiger partial charge >= 0.3 is 0 Å². The van der Waals surface area contributed by atoms with Crippen molar-refractivity contribution in [1.29, 1.82) is 0 Å². The van der Waals surface area contributed by atoms with Crippen molar-refractivity contribution in [2.45, 2.75) is 25.8 Å². The lowest BCUT2D eigenvalue weighted by Crippen LogP contribution is -2.31. The van der Waals surface area contributed by atoms with E-state index in [0.29, 0.717) is 6.42 Å². The molecule has 1 amide bonds. The maximum atomic E-state index is 11.6. The van der Waals surface area contributed by atoms with Crippen LogP contribution in [0, 0.1) is 3.70 Å². The predicted octanol–water partition coefficient (Wildman–Crippen LogP) is 2.20. The lowest BCUT2D eigenvalue weighted by atomic mass is 10.2. The van der Waals surface area contributed by atoms with E-state index in [1.807, 2.05) is 18.2 Å². The van der Waals surface area contributed by atoms with E-state index in [1.165, 1.54) is 0 Å². The Morgan fingerprint density at radius 2 is 2.36 bits per heavy atom. The first-order valence-corrected chi connectivity index (χ1v) is 5.71. The first-order valence-electron chi connectivity index (χ1n) is 4.63. The molecule has 74 valence electrons. The third-order valence-electron chi connectivity index (χ3n) is 2.43. The van der Waals surface area contributed by atoms with Crippen molar-refractivity contribution < 1.29 is 4.79 Å². The van der Waals surface area contributed by atoms with Crippen molar-refractivity contribution in [3.8, 4) is 0 Å². The fourth-order valence-electron chi connectivity index (χ4n) is 1.71. The number of carbonyl (C=O) groups is 1. The third kappa shape index (κ3) is 1.75. The second-order valence-corrected chi connectivity index (χ2v) is 4.58. The van der Waals surface area contributed by atoms with Crippen LogP contribution < -0.4 is 4.90 Å². The molecule has 0 saturated carbocycles. The number of hydrogen-bond acceptors (Lipinski definition) is 2. The second kappa shape index (κ2) is 3.84. The summed E-state index contributed by atoms with van der Waals surface area (Å²) in [5.41, 5.74) is 0. The molecule has 1 aliphatic heterocycles. The minimum Gasteiger partial charge on any atom is -0.294 e. The summed E-state index contributed by atoms with van der Waals surface area (Å²) in [7, 11) is 0. The Bertz CT molecular complexity index is 367. The zero-order valence-electron chi connectivity index (χ0n) is 7.90. The predicted molar refractivity (Wildman–Crippen MR) is 63.1 cm³/mol. The maximum absolute atomic E-state index is 11.6. The molecule has 2 heterocycles. The first-order chi connectivity index (χ1) is 6.68. The summed E-state index contributed by atoms with van der Waals surface area (Å²) >= 11 is 2.16. The van der Waals surface area contributed by atoms with Crippen LogP contribution in [0.5, 0.6) is 0 Å². The molecule has 0 aromatic carbocycles. The molecule has 0 spiro atoms. The van der Waals surface area contributed by atoms with Crippen LogP contribution in [0.25, 0.3) is 0 Å². The topological polar surface area (TPSA) is 33.2 Å². The SMILES string of the molecule is CC1CCC(=O)N1c1cccc(I)n1. The average Bonchev–Trinajstić information content (AvgIpc) is 2.46. The number of aromatic nitrogens is 1. The highest BCUT2D eigenvalue weighted by molar-refractivity contribution is 14.1. The molecule has 0 bridgehead atoms. The highest BCUT2D eigenvalue weighted by Gasteiger charge is 2.29. The fourth-order valence-corrected chi connectivity index (χ4v) is 2.17. The van der Waals surface area contributed by atoms with Gasteiger partial charge in [0.1, 0.15) is 9.52 Å². The van der Waals surface area contributed by atoms with E-state index in [0.717, 1.165) is 15.9 Å². The molecule has 0 N–H and O–H groups in total. The van der Waals surface area contributed by atoms with Crippen molar-refractivity contribution in [1.82, 2.24) is 4.98 Å². The summed E-state index contributed by atoms with van der Waals surface area (Å²) in [6, 6.07) is 6.03. The highest BCUT2D eigenvalue weighted by Crippen LogP contribution is 2.24. The van der Waals surface area contributed by atoms with Gasteiger partial charge in [0.2, 0.25) is 5.91 Å². The van der Waals surface area contributed by atoms with E-state index in [9.17, 15) is 4.79 Å². The maximum Gasteiger partial charge on any atom is 0.228 e. The summed E-state index contributed by atoms with van der Waals surface area (Å²) in [4.78, 5) is 17.7. The molecule has 0 radical (unpaired) electrons. The zero-order chi connectivity index (χ0) is 10.1. The molecule has 1 fully saturated rings. The van der Waals surface area contributed by atoms with Crippen LogP contribution in [0.15, 0.2) is 18.2 Å². The minimum atomic E-state index is 0.187. The van der Waals surface area contributed by atoms with Gasteiger partial charge in [0.05, 0.1) is 0 Å². The molecule has 3 nitrogen and oxygen atoms in total. The number of pyridine rings is 1. The van der Waals surface area contributed by atoms with Crippen LogP contribution in [0.1, 0.15) is 19.8 Å². The van der Waals surface area contributed by atoms with Gasteiger partial charge in [-0.15, -0.1) is 0 Å². The van der Waals surface area contributed by atoms with Crippen molar-refractivity contribution in [2.75, 3.05) is 4.90 Å². The third-order valence-corrected chi connectivity index (χ3v) is 3.03. The number of amides is 1. The molecule has 1 aromatic rings. The van der Waals surface area contributed by atoms with Gasteiger partial charge in [-0.3, -0.25) is 9.69 Å². The van der Waals surface area contributed by atoms with Crippen LogP contribution in [-0.2, 0) is 4.79 Å². The summed E-state index contributed by atoms with van der Waals surface area (Å²) in [5, 5.41) is 0. The molecule has 1 aromatic heterocycles. The molecule has 14 heavy (non-hydrogen) atoms. The number of anilines is 1. The zero-order valence-corrected chi connectivity index (χ0v) is 10.1. The summed E-state index contributed by atoms with van der Waals surface area (Å²) in [5.74, 6) is 0.971. The van der Waals surface area contributed by atoms with Gasteiger partial charge in [-0.25, -0.2) is 4.98 Å². The Kier molecular flexibility index (Phi) is 2.71. The van der Waals surface area contributed by atoms with Gasteiger partial charge in [0.15, 0.2) is 0 Å². The largest absolute Gasteiger partial charge is 0.294 e. The summed E-state index contributed by atoms with van der Waals surface area (Å²) in [6.07, 6.45) is 1.58. The molecule has 1 unspecified atom stereocenters. The molecular weight excluding hydrogens is 291 g/mol. The summed E-state index contributed by atoms with van der Waals surface area (Å²) in [6.45, 7) is 2.06. The summed E-state index contributed by atoms with van der Waals surface area (Å²) < 4.78 is 0.923. The molecular formula is C10H11IN2O.